The summed E-state index contributed by atoms with van der Waals surface area (Å²) in [4.78, 5) is 10.8. The van der Waals surface area contributed by atoms with Gasteiger partial charge in [-0.25, -0.2) is 4.39 Å². The molecule has 92 valence electrons. The van der Waals surface area contributed by atoms with E-state index in [-0.39, 0.29) is 5.56 Å². The first-order chi connectivity index (χ1) is 8.59. The van der Waals surface area contributed by atoms with Crippen LogP contribution in [0.3, 0.4) is 0 Å². The first-order valence-corrected chi connectivity index (χ1v) is 5.67. The minimum absolute atomic E-state index is 0.210. The van der Waals surface area contributed by atoms with Crippen LogP contribution in [0.1, 0.15) is 18.4 Å². The molecular formula is C15H13FO2. The highest BCUT2D eigenvalue weighted by atomic mass is 19.1. The maximum absolute atomic E-state index is 13.9. The number of aliphatic carboxylic acids is 1. The minimum Gasteiger partial charge on any atom is -0.481 e. The first-order valence-electron chi connectivity index (χ1n) is 5.67. The predicted molar refractivity (Wildman–Crippen MR) is 67.9 cm³/mol. The summed E-state index contributed by atoms with van der Waals surface area (Å²) in [5.41, 5.74) is 1.86. The van der Waals surface area contributed by atoms with Gasteiger partial charge in [-0.05, 0) is 24.1 Å². The van der Waals surface area contributed by atoms with Crippen molar-refractivity contribution in [1.82, 2.24) is 0 Å². The normalized spacial score (nSPS) is 12.1. The lowest BCUT2D eigenvalue weighted by Crippen LogP contribution is -2.09. The van der Waals surface area contributed by atoms with Crippen LogP contribution in [0.25, 0.3) is 11.1 Å². The van der Waals surface area contributed by atoms with Crippen LogP contribution in [0.2, 0.25) is 0 Å². The van der Waals surface area contributed by atoms with E-state index in [1.807, 2.05) is 30.3 Å². The van der Waals surface area contributed by atoms with Gasteiger partial charge >= 0.3 is 5.97 Å². The summed E-state index contributed by atoms with van der Waals surface area (Å²) in [5.74, 6) is -2.34. The zero-order valence-corrected chi connectivity index (χ0v) is 9.93. The number of hydrogen-bond acceptors (Lipinski definition) is 1. The molecule has 3 heteroatoms. The van der Waals surface area contributed by atoms with E-state index in [0.717, 1.165) is 11.1 Å². The van der Waals surface area contributed by atoms with Gasteiger partial charge in [0.1, 0.15) is 5.82 Å². The molecule has 2 aromatic rings. The van der Waals surface area contributed by atoms with Gasteiger partial charge in [0.15, 0.2) is 0 Å². The van der Waals surface area contributed by atoms with Crippen molar-refractivity contribution in [1.29, 1.82) is 0 Å². The van der Waals surface area contributed by atoms with Gasteiger partial charge in [-0.2, -0.15) is 0 Å². The van der Waals surface area contributed by atoms with Gasteiger partial charge < -0.3 is 5.11 Å². The lowest BCUT2D eigenvalue weighted by Gasteiger charge is -2.09. The van der Waals surface area contributed by atoms with Crippen LogP contribution in [0.5, 0.6) is 0 Å². The van der Waals surface area contributed by atoms with E-state index in [0.29, 0.717) is 0 Å². The molecule has 1 N–H and O–H groups in total. The molecule has 0 heterocycles. The molecule has 0 amide bonds. The van der Waals surface area contributed by atoms with Gasteiger partial charge in [0, 0.05) is 5.56 Å². The number of rotatable bonds is 3. The van der Waals surface area contributed by atoms with Crippen molar-refractivity contribution in [3.8, 4) is 11.1 Å². The fraction of sp³-hybridized carbons (Fsp3) is 0.133. The van der Waals surface area contributed by atoms with Crippen LogP contribution >= 0.6 is 0 Å². The number of benzene rings is 2. The minimum atomic E-state index is -1.03. The molecule has 0 saturated carbocycles. The summed E-state index contributed by atoms with van der Waals surface area (Å²) < 4.78 is 13.9. The number of halogens is 1. The number of carbonyl (C=O) groups is 1. The van der Waals surface area contributed by atoms with Crippen LogP contribution < -0.4 is 0 Å². The van der Waals surface area contributed by atoms with Crippen molar-refractivity contribution in [2.45, 2.75) is 12.8 Å². The topological polar surface area (TPSA) is 37.3 Å². The maximum atomic E-state index is 13.9. The third-order valence-corrected chi connectivity index (χ3v) is 2.94. The molecule has 0 bridgehead atoms. The molecular weight excluding hydrogens is 231 g/mol. The highest BCUT2D eigenvalue weighted by Crippen LogP contribution is 2.25. The second-order valence-electron chi connectivity index (χ2n) is 4.16. The average molecular weight is 244 g/mol. The van der Waals surface area contributed by atoms with E-state index in [9.17, 15) is 9.18 Å². The summed E-state index contributed by atoms with van der Waals surface area (Å²) in [6.45, 7) is 1.48. The Hall–Kier alpha value is -2.16. The van der Waals surface area contributed by atoms with E-state index in [1.165, 1.54) is 19.1 Å². The standard InChI is InChI=1S/C15H13FO2/c1-10(15(17)18)13-8-7-12(9-14(13)16)11-5-3-2-4-6-11/h2-10H,1H3,(H,17,18)/t10-/m1/s1. The fourth-order valence-electron chi connectivity index (χ4n) is 1.82. The summed E-state index contributed by atoms with van der Waals surface area (Å²) in [7, 11) is 0. The molecule has 0 radical (unpaired) electrons. The van der Waals surface area contributed by atoms with Crippen molar-refractivity contribution in [2.75, 3.05) is 0 Å². The fourth-order valence-corrected chi connectivity index (χ4v) is 1.82. The van der Waals surface area contributed by atoms with Crippen molar-refractivity contribution >= 4 is 5.97 Å². The second kappa shape index (κ2) is 5.00. The number of hydrogen-bond donors (Lipinski definition) is 1. The van der Waals surface area contributed by atoms with Crippen LogP contribution in [0.15, 0.2) is 48.5 Å². The Morgan fingerprint density at radius 2 is 1.78 bits per heavy atom. The lowest BCUT2D eigenvalue weighted by atomic mass is 9.97. The highest BCUT2D eigenvalue weighted by molar-refractivity contribution is 5.76. The Morgan fingerprint density at radius 1 is 1.11 bits per heavy atom. The van der Waals surface area contributed by atoms with Crippen molar-refractivity contribution < 1.29 is 14.3 Å². The van der Waals surface area contributed by atoms with Crippen LogP contribution in [0, 0.1) is 5.82 Å². The van der Waals surface area contributed by atoms with Crippen LogP contribution in [-0.2, 0) is 4.79 Å². The number of carboxylic acids is 1. The lowest BCUT2D eigenvalue weighted by molar-refractivity contribution is -0.138. The SMILES string of the molecule is C[C@@H](C(=O)O)c1ccc(-c2ccccc2)cc1F. The van der Waals surface area contributed by atoms with Gasteiger partial charge in [0.2, 0.25) is 0 Å². The van der Waals surface area contributed by atoms with Gasteiger partial charge in [-0.3, -0.25) is 4.79 Å². The molecule has 0 aliphatic carbocycles. The van der Waals surface area contributed by atoms with Crippen LogP contribution in [-0.4, -0.2) is 11.1 Å². The third-order valence-electron chi connectivity index (χ3n) is 2.94. The molecule has 0 aliphatic rings. The monoisotopic (exact) mass is 244 g/mol. The average Bonchev–Trinajstić information content (AvgIpc) is 2.38. The number of carboxylic acid groups (broad SMARTS) is 1. The van der Waals surface area contributed by atoms with Crippen molar-refractivity contribution in [2.24, 2.45) is 0 Å². The molecule has 0 aliphatic heterocycles. The molecule has 0 spiro atoms. The zero-order valence-electron chi connectivity index (χ0n) is 9.93. The van der Waals surface area contributed by atoms with Gasteiger partial charge in [0.25, 0.3) is 0 Å². The summed E-state index contributed by atoms with van der Waals surface area (Å²) in [6, 6.07) is 14.1. The predicted octanol–water partition coefficient (Wildman–Crippen LogP) is 3.68. The van der Waals surface area contributed by atoms with E-state index in [2.05, 4.69) is 0 Å². The summed E-state index contributed by atoms with van der Waals surface area (Å²) in [6.07, 6.45) is 0. The molecule has 18 heavy (non-hydrogen) atoms. The molecule has 2 aromatic carbocycles. The Labute approximate surface area is 105 Å². The molecule has 0 saturated heterocycles. The molecule has 0 aromatic heterocycles. The Bertz CT molecular complexity index is 564. The van der Waals surface area contributed by atoms with Gasteiger partial charge in [-0.1, -0.05) is 42.5 Å². The van der Waals surface area contributed by atoms with E-state index < -0.39 is 17.7 Å². The summed E-state index contributed by atoms with van der Waals surface area (Å²) >= 11 is 0. The summed E-state index contributed by atoms with van der Waals surface area (Å²) in [5, 5.41) is 8.88. The Kier molecular flexibility index (Phi) is 3.42. The molecule has 2 nitrogen and oxygen atoms in total. The van der Waals surface area contributed by atoms with Crippen molar-refractivity contribution in [3.05, 3.63) is 59.9 Å². The quantitative estimate of drug-likeness (QED) is 0.894. The van der Waals surface area contributed by atoms with Gasteiger partial charge in [-0.15, -0.1) is 0 Å². The first kappa shape index (κ1) is 12.3. The van der Waals surface area contributed by atoms with E-state index >= 15 is 0 Å². The van der Waals surface area contributed by atoms with Gasteiger partial charge in [0.05, 0.1) is 5.92 Å². The zero-order chi connectivity index (χ0) is 13.1. The third kappa shape index (κ3) is 2.40. The van der Waals surface area contributed by atoms with E-state index in [1.54, 1.807) is 6.07 Å². The molecule has 1 atom stereocenters. The maximum Gasteiger partial charge on any atom is 0.310 e. The van der Waals surface area contributed by atoms with E-state index in [4.69, 9.17) is 5.11 Å². The highest BCUT2D eigenvalue weighted by Gasteiger charge is 2.18. The molecule has 0 fully saturated rings. The smallest absolute Gasteiger partial charge is 0.310 e. The van der Waals surface area contributed by atoms with Crippen LogP contribution in [0.4, 0.5) is 4.39 Å². The van der Waals surface area contributed by atoms with Crippen molar-refractivity contribution in [3.63, 3.8) is 0 Å². The second-order valence-corrected chi connectivity index (χ2v) is 4.16. The molecule has 0 unspecified atom stereocenters. The molecule has 2 rings (SSSR count). The Balaban J connectivity index is 2.40. The largest absolute Gasteiger partial charge is 0.481 e. The Morgan fingerprint density at radius 3 is 2.33 bits per heavy atom.